The van der Waals surface area contributed by atoms with E-state index in [1.54, 1.807) is 37.3 Å². The predicted octanol–water partition coefficient (Wildman–Crippen LogP) is 6.50. The van der Waals surface area contributed by atoms with Crippen LogP contribution >= 0.6 is 0 Å². The maximum absolute atomic E-state index is 14.5. The fraction of sp³-hybridized carbons (Fsp3) is 0.433. The van der Waals surface area contributed by atoms with Crippen molar-refractivity contribution in [1.82, 2.24) is 14.7 Å². The van der Waals surface area contributed by atoms with Crippen LogP contribution in [-0.4, -0.2) is 30.9 Å². The number of halogens is 1. The van der Waals surface area contributed by atoms with Crippen molar-refractivity contribution in [2.24, 2.45) is 11.8 Å². The molecule has 1 aromatic carbocycles. The van der Waals surface area contributed by atoms with E-state index in [1.807, 2.05) is 13.8 Å². The highest BCUT2D eigenvalue weighted by Crippen LogP contribution is 2.30. The molecule has 1 aliphatic carbocycles. The molecule has 2 heterocycles. The van der Waals surface area contributed by atoms with Crippen molar-refractivity contribution in [2.75, 3.05) is 6.61 Å². The van der Waals surface area contributed by atoms with Crippen LogP contribution < -0.4 is 9.46 Å². The van der Waals surface area contributed by atoms with Crippen LogP contribution in [0.5, 0.6) is 5.75 Å². The zero-order chi connectivity index (χ0) is 28.0. The number of aromatic nitrogens is 2. The lowest BCUT2D eigenvalue weighted by atomic mass is 9.85. The molecule has 7 nitrogen and oxygen atoms in total. The van der Waals surface area contributed by atoms with E-state index < -0.39 is 21.7 Å². The van der Waals surface area contributed by atoms with Gasteiger partial charge in [-0.05, 0) is 68.0 Å². The summed E-state index contributed by atoms with van der Waals surface area (Å²) in [6, 6.07) is 12.2. The molecule has 2 aromatic heterocycles. The van der Waals surface area contributed by atoms with Crippen LogP contribution in [0.1, 0.15) is 75.5 Å². The Labute approximate surface area is 231 Å². The average molecular weight is 556 g/mol. The van der Waals surface area contributed by atoms with Gasteiger partial charge in [-0.25, -0.2) is 14.1 Å². The van der Waals surface area contributed by atoms with Gasteiger partial charge < -0.3 is 4.74 Å². The molecule has 0 radical (unpaired) electrons. The Hall–Kier alpha value is -3.33. The fourth-order valence-corrected chi connectivity index (χ4v) is 5.81. The zero-order valence-electron chi connectivity index (χ0n) is 22.7. The monoisotopic (exact) mass is 555 g/mol. The first kappa shape index (κ1) is 28.7. The van der Waals surface area contributed by atoms with Crippen LogP contribution in [0.4, 0.5) is 4.39 Å². The number of sulfonamides is 1. The summed E-state index contributed by atoms with van der Waals surface area (Å²) in [5.74, 6) is 0.00487. The van der Waals surface area contributed by atoms with Crippen molar-refractivity contribution < 1.29 is 23.8 Å². The van der Waals surface area contributed by atoms with Gasteiger partial charge in [0.25, 0.3) is 15.9 Å². The van der Waals surface area contributed by atoms with E-state index in [0.29, 0.717) is 47.3 Å². The van der Waals surface area contributed by atoms with Gasteiger partial charge in [0.2, 0.25) is 0 Å². The minimum atomic E-state index is -4.17. The van der Waals surface area contributed by atoms with E-state index >= 15 is 0 Å². The van der Waals surface area contributed by atoms with Crippen molar-refractivity contribution in [3.8, 4) is 17.0 Å². The summed E-state index contributed by atoms with van der Waals surface area (Å²) in [7, 11) is -4.17. The van der Waals surface area contributed by atoms with Gasteiger partial charge in [-0.2, -0.15) is 8.42 Å². The van der Waals surface area contributed by atoms with Crippen LogP contribution in [0.25, 0.3) is 11.3 Å². The van der Waals surface area contributed by atoms with Gasteiger partial charge in [0.15, 0.2) is 5.03 Å². The molecule has 0 atom stereocenters. The molecule has 39 heavy (non-hydrogen) atoms. The normalized spacial score (nSPS) is 14.4. The highest BCUT2D eigenvalue weighted by atomic mass is 32.2. The van der Waals surface area contributed by atoms with E-state index in [-0.39, 0.29) is 17.9 Å². The molecule has 1 amide bonds. The molecule has 0 bridgehead atoms. The Morgan fingerprint density at radius 2 is 1.87 bits per heavy atom. The molecule has 1 fully saturated rings. The van der Waals surface area contributed by atoms with Crippen LogP contribution in [0.3, 0.4) is 0 Å². The Kier molecular flexibility index (Phi) is 9.32. The molecular weight excluding hydrogens is 517 g/mol. The van der Waals surface area contributed by atoms with E-state index in [9.17, 15) is 17.6 Å². The number of carbonyl (C=O) groups excluding carboxylic acids is 1. The first-order valence-corrected chi connectivity index (χ1v) is 15.0. The van der Waals surface area contributed by atoms with Gasteiger partial charge in [0, 0.05) is 18.8 Å². The molecule has 1 N–H and O–H groups in total. The summed E-state index contributed by atoms with van der Waals surface area (Å²) in [4.78, 5) is 22.0. The van der Waals surface area contributed by atoms with Gasteiger partial charge in [-0.1, -0.05) is 52.0 Å². The number of aryl methyl sites for hydroxylation is 2. The fourth-order valence-electron chi connectivity index (χ4n) is 4.83. The second-order valence-electron chi connectivity index (χ2n) is 10.7. The Balaban J connectivity index is 0.00000441. The summed E-state index contributed by atoms with van der Waals surface area (Å²) >= 11 is 0. The average Bonchev–Trinajstić information content (AvgIpc) is 2.90. The SMILES string of the molecule is Cc1cccc(S(=O)(=O)NC(=O)c2ccc(-c3cc(F)cc(OCC(C)C)c3)nc2CCC2CCCCC2)n1.[HH]. The van der Waals surface area contributed by atoms with Crippen molar-refractivity contribution in [3.05, 3.63) is 71.3 Å². The quantitative estimate of drug-likeness (QED) is 0.307. The molecule has 0 saturated heterocycles. The highest BCUT2D eigenvalue weighted by Gasteiger charge is 2.24. The van der Waals surface area contributed by atoms with Crippen molar-refractivity contribution in [2.45, 2.75) is 70.7 Å². The van der Waals surface area contributed by atoms with Crippen LogP contribution in [0.2, 0.25) is 0 Å². The molecule has 3 aromatic rings. The first-order valence-electron chi connectivity index (χ1n) is 13.5. The van der Waals surface area contributed by atoms with Gasteiger partial charge in [-0.15, -0.1) is 0 Å². The van der Waals surface area contributed by atoms with Crippen LogP contribution in [-0.2, 0) is 16.4 Å². The third-order valence-electron chi connectivity index (χ3n) is 6.85. The number of hydrogen-bond acceptors (Lipinski definition) is 6. The van der Waals surface area contributed by atoms with Crippen molar-refractivity contribution in [1.29, 1.82) is 0 Å². The molecule has 0 spiro atoms. The topological polar surface area (TPSA) is 98.2 Å². The third-order valence-corrected chi connectivity index (χ3v) is 8.08. The molecule has 4 rings (SSSR count). The molecule has 1 saturated carbocycles. The largest absolute Gasteiger partial charge is 0.493 e. The second kappa shape index (κ2) is 12.7. The van der Waals surface area contributed by atoms with E-state index in [0.717, 1.165) is 19.3 Å². The number of hydrogen-bond donors (Lipinski definition) is 1. The number of amides is 1. The number of nitrogens with zero attached hydrogens (tertiary/aromatic N) is 2. The number of rotatable bonds is 10. The van der Waals surface area contributed by atoms with Gasteiger partial charge in [-0.3, -0.25) is 9.78 Å². The van der Waals surface area contributed by atoms with Crippen LogP contribution in [0.15, 0.2) is 53.6 Å². The molecular formula is C30H38FN3O4S. The first-order chi connectivity index (χ1) is 18.6. The maximum Gasteiger partial charge on any atom is 0.281 e. The number of benzene rings is 1. The number of nitrogens with one attached hydrogen (secondary N) is 1. The molecule has 1 aliphatic rings. The summed E-state index contributed by atoms with van der Waals surface area (Å²) in [5, 5.41) is -0.224. The van der Waals surface area contributed by atoms with Crippen molar-refractivity contribution >= 4 is 15.9 Å². The maximum atomic E-state index is 14.5. The lowest BCUT2D eigenvalue weighted by Crippen LogP contribution is -2.32. The summed E-state index contributed by atoms with van der Waals surface area (Å²) in [6.45, 7) is 6.16. The summed E-state index contributed by atoms with van der Waals surface area (Å²) in [5.41, 5.74) is 2.20. The van der Waals surface area contributed by atoms with Crippen molar-refractivity contribution in [3.63, 3.8) is 0 Å². The lowest BCUT2D eigenvalue weighted by molar-refractivity contribution is 0.0979. The molecule has 0 unspecified atom stereocenters. The second-order valence-corrected chi connectivity index (χ2v) is 12.3. The molecule has 9 heteroatoms. The Bertz CT molecular complexity index is 1430. The zero-order valence-corrected chi connectivity index (χ0v) is 23.6. The minimum Gasteiger partial charge on any atom is -0.493 e. The standard InChI is InChI=1S/C30H36FN3O4S.H2/c1-20(2)19-38-25-17-23(16-24(31)18-25)27-15-13-26(28(33-27)14-12-22-9-5-4-6-10-22)30(35)34-39(36,37)29-11-7-8-21(3)32-29;/h7-8,11,13,15-18,20,22H,4-6,9-10,12,14,19H2,1-3H3,(H,34,35);1H. The van der Waals surface area contributed by atoms with E-state index in [4.69, 9.17) is 9.72 Å². The number of pyridine rings is 2. The van der Waals surface area contributed by atoms with E-state index in [1.165, 1.54) is 37.5 Å². The summed E-state index contributed by atoms with van der Waals surface area (Å²) in [6.07, 6.45) is 7.24. The minimum absolute atomic E-state index is 0. The van der Waals surface area contributed by atoms with E-state index in [2.05, 4.69) is 9.71 Å². The third kappa shape index (κ3) is 7.85. The van der Waals surface area contributed by atoms with Gasteiger partial charge in [0.1, 0.15) is 11.6 Å². The Morgan fingerprint density at radius 3 is 2.59 bits per heavy atom. The van der Waals surface area contributed by atoms with Gasteiger partial charge in [0.05, 0.1) is 23.6 Å². The lowest BCUT2D eigenvalue weighted by Gasteiger charge is -2.21. The van der Waals surface area contributed by atoms with Crippen LogP contribution in [0, 0.1) is 24.6 Å². The summed E-state index contributed by atoms with van der Waals surface area (Å²) < 4.78 is 48.1. The Morgan fingerprint density at radius 1 is 1.10 bits per heavy atom. The predicted molar refractivity (Wildman–Crippen MR) is 151 cm³/mol. The number of ether oxygens (including phenoxy) is 1. The molecule has 0 aliphatic heterocycles. The van der Waals surface area contributed by atoms with Gasteiger partial charge >= 0.3 is 0 Å². The highest BCUT2D eigenvalue weighted by molar-refractivity contribution is 7.90. The number of carbonyl (C=O) groups is 1. The molecule has 210 valence electrons. The smallest absolute Gasteiger partial charge is 0.281 e.